The predicted octanol–water partition coefficient (Wildman–Crippen LogP) is 4.62. The second kappa shape index (κ2) is 21.8. The van der Waals surface area contributed by atoms with Crippen molar-refractivity contribution in [3.8, 4) is 11.3 Å². The van der Waals surface area contributed by atoms with E-state index in [2.05, 4.69) is 33.0 Å². The lowest BCUT2D eigenvalue weighted by molar-refractivity contribution is -0.123. The number of aromatic nitrogens is 4. The normalized spacial score (nSPS) is 17.0. The predicted molar refractivity (Wildman–Crippen MR) is 203 cm³/mol. The number of amides is 2. The Morgan fingerprint density at radius 1 is 0.925 bits per heavy atom. The zero-order valence-corrected chi connectivity index (χ0v) is 31.8. The summed E-state index contributed by atoms with van der Waals surface area (Å²) in [6.45, 7) is 7.04. The topological polar surface area (TPSA) is 154 Å². The molecule has 2 amide bonds. The van der Waals surface area contributed by atoms with Gasteiger partial charge in [-0.2, -0.15) is 5.10 Å². The van der Waals surface area contributed by atoms with E-state index in [0.717, 1.165) is 49.2 Å². The molecule has 15 heteroatoms. The highest BCUT2D eigenvalue weighted by Gasteiger charge is 2.32. The monoisotopic (exact) mass is 754 g/mol. The summed E-state index contributed by atoms with van der Waals surface area (Å²) < 4.78 is 24.2. The molecular weight excluding hydrogens is 700 g/mol. The van der Waals surface area contributed by atoms with Crippen LogP contribution in [0, 0.1) is 5.92 Å². The van der Waals surface area contributed by atoms with Crippen molar-refractivity contribution in [3.05, 3.63) is 59.0 Å². The summed E-state index contributed by atoms with van der Waals surface area (Å²) in [5.41, 5.74) is 3.63. The van der Waals surface area contributed by atoms with Crippen molar-refractivity contribution in [2.24, 2.45) is 13.0 Å². The zero-order chi connectivity index (χ0) is 37.3. The van der Waals surface area contributed by atoms with Crippen LogP contribution in [0.2, 0.25) is 5.02 Å². The van der Waals surface area contributed by atoms with E-state index in [1.165, 1.54) is 12.8 Å². The van der Waals surface area contributed by atoms with Gasteiger partial charge in [0.15, 0.2) is 0 Å². The van der Waals surface area contributed by atoms with E-state index in [0.29, 0.717) is 81.6 Å². The Balaban J connectivity index is 1.08. The zero-order valence-electron chi connectivity index (χ0n) is 31.1. The SMILES string of the molecule is CCNCCOCCOCCOCCNC(=O)CN(C(=O)OCc1ccccc1)C1CCC(Nc2ncc(Cl)c(-c3cnn(C)c3CC3CC3)n2)CC1. The van der Waals surface area contributed by atoms with Gasteiger partial charge in [-0.15, -0.1) is 0 Å². The van der Waals surface area contributed by atoms with E-state index < -0.39 is 6.09 Å². The highest BCUT2D eigenvalue weighted by atomic mass is 35.5. The molecule has 0 radical (unpaired) electrons. The van der Waals surface area contributed by atoms with Gasteiger partial charge in [-0.3, -0.25) is 14.4 Å². The lowest BCUT2D eigenvalue weighted by atomic mass is 9.90. The number of halogens is 1. The van der Waals surface area contributed by atoms with Gasteiger partial charge in [0.05, 0.1) is 62.8 Å². The third kappa shape index (κ3) is 13.5. The van der Waals surface area contributed by atoms with Crippen molar-refractivity contribution in [2.45, 2.75) is 70.6 Å². The molecule has 5 rings (SSSR count). The standard InChI is InChI=1S/C38H55ClN8O6/c1-3-40-15-17-50-19-21-52-22-20-51-18-16-41-35(48)26-47(38(49)53-27-29-7-5-4-6-8-29)31-13-11-30(12-14-31)44-37-42-25-33(39)36(45-37)32-24-43-46(2)34(32)23-28-9-10-28/h4-8,24-25,28,30-31,40H,3,9-23,26-27H2,1-2H3,(H,41,48)(H,42,44,45). The first-order valence-electron chi connectivity index (χ1n) is 18.9. The number of benzene rings is 1. The number of ether oxygens (including phenoxy) is 4. The molecule has 2 aliphatic rings. The summed E-state index contributed by atoms with van der Waals surface area (Å²) in [6.07, 6.45) is 9.28. The van der Waals surface area contributed by atoms with Crippen LogP contribution in [-0.4, -0.2) is 115 Å². The van der Waals surface area contributed by atoms with E-state index in [9.17, 15) is 9.59 Å². The van der Waals surface area contributed by atoms with E-state index in [1.54, 1.807) is 11.1 Å². The number of carbonyl (C=O) groups excluding carboxylic acids is 2. The summed E-state index contributed by atoms with van der Waals surface area (Å²) in [5.74, 6) is 0.929. The Bertz CT molecular complexity index is 1550. The first-order valence-corrected chi connectivity index (χ1v) is 19.3. The minimum Gasteiger partial charge on any atom is -0.445 e. The first-order chi connectivity index (χ1) is 25.9. The second-order valence-electron chi connectivity index (χ2n) is 13.5. The number of aryl methyl sites for hydroxylation is 1. The van der Waals surface area contributed by atoms with Gasteiger partial charge in [0, 0.05) is 43.5 Å². The maximum atomic E-state index is 13.4. The molecule has 0 spiro atoms. The van der Waals surface area contributed by atoms with Gasteiger partial charge in [-0.05, 0) is 63.0 Å². The fraction of sp³-hybridized carbons (Fsp3) is 0.605. The molecule has 2 aromatic heterocycles. The van der Waals surface area contributed by atoms with Crippen LogP contribution in [0.15, 0.2) is 42.7 Å². The number of nitrogens with one attached hydrogen (secondary N) is 3. The van der Waals surface area contributed by atoms with Gasteiger partial charge < -0.3 is 34.9 Å². The molecule has 0 atom stereocenters. The van der Waals surface area contributed by atoms with Gasteiger partial charge in [-0.1, -0.05) is 48.9 Å². The third-order valence-electron chi connectivity index (χ3n) is 9.45. The molecule has 2 saturated carbocycles. The summed E-state index contributed by atoms with van der Waals surface area (Å²) in [6, 6.07) is 9.44. The maximum Gasteiger partial charge on any atom is 0.410 e. The lowest BCUT2D eigenvalue weighted by Crippen LogP contribution is -2.49. The number of nitrogens with zero attached hydrogens (tertiary/aromatic N) is 5. The molecule has 0 saturated heterocycles. The van der Waals surface area contributed by atoms with E-state index in [4.69, 9.17) is 35.5 Å². The van der Waals surface area contributed by atoms with E-state index in [-0.39, 0.29) is 31.1 Å². The summed E-state index contributed by atoms with van der Waals surface area (Å²) in [7, 11) is 1.96. The number of hydrogen-bond donors (Lipinski definition) is 3. The summed E-state index contributed by atoms with van der Waals surface area (Å²) in [4.78, 5) is 37.3. The second-order valence-corrected chi connectivity index (χ2v) is 13.9. The van der Waals surface area contributed by atoms with Crippen molar-refractivity contribution in [3.63, 3.8) is 0 Å². The van der Waals surface area contributed by atoms with Crippen LogP contribution in [0.25, 0.3) is 11.3 Å². The molecule has 290 valence electrons. The molecule has 53 heavy (non-hydrogen) atoms. The third-order valence-corrected chi connectivity index (χ3v) is 9.73. The Morgan fingerprint density at radius 2 is 1.62 bits per heavy atom. The summed E-state index contributed by atoms with van der Waals surface area (Å²) >= 11 is 6.60. The van der Waals surface area contributed by atoms with Crippen molar-refractivity contribution in [2.75, 3.05) is 71.1 Å². The average molecular weight is 755 g/mol. The smallest absolute Gasteiger partial charge is 0.410 e. The van der Waals surface area contributed by atoms with Crippen LogP contribution in [0.3, 0.4) is 0 Å². The van der Waals surface area contributed by atoms with E-state index >= 15 is 0 Å². The molecule has 0 bridgehead atoms. The molecule has 2 fully saturated rings. The van der Waals surface area contributed by atoms with Crippen LogP contribution < -0.4 is 16.0 Å². The highest BCUT2D eigenvalue weighted by molar-refractivity contribution is 6.33. The molecule has 0 aliphatic heterocycles. The minimum atomic E-state index is -0.511. The van der Waals surface area contributed by atoms with Gasteiger partial charge in [-0.25, -0.2) is 14.8 Å². The number of likely N-dealkylation sites (N-methyl/N-ethyl adjacent to an activating group) is 1. The largest absolute Gasteiger partial charge is 0.445 e. The van der Waals surface area contributed by atoms with Crippen molar-refractivity contribution in [1.29, 1.82) is 0 Å². The Kier molecular flexibility index (Phi) is 16.6. The van der Waals surface area contributed by atoms with E-state index in [1.807, 2.05) is 48.3 Å². The molecule has 0 unspecified atom stereocenters. The number of rotatable bonds is 23. The molecule has 2 heterocycles. The lowest BCUT2D eigenvalue weighted by Gasteiger charge is -2.36. The van der Waals surface area contributed by atoms with Crippen molar-refractivity contribution in [1.82, 2.24) is 35.3 Å². The fourth-order valence-corrected chi connectivity index (χ4v) is 6.51. The molecule has 14 nitrogen and oxygen atoms in total. The van der Waals surface area contributed by atoms with Crippen LogP contribution in [0.4, 0.5) is 10.7 Å². The highest BCUT2D eigenvalue weighted by Crippen LogP contribution is 2.37. The first kappa shape index (κ1) is 40.4. The Hall–Kier alpha value is -3.82. The average Bonchev–Trinajstić information content (AvgIpc) is 3.93. The number of hydrogen-bond acceptors (Lipinski definition) is 11. The molecular formula is C38H55ClN8O6. The Labute approximate surface area is 317 Å². The van der Waals surface area contributed by atoms with Crippen molar-refractivity contribution >= 4 is 29.5 Å². The molecule has 2 aliphatic carbocycles. The number of carbonyl (C=O) groups is 2. The maximum absolute atomic E-state index is 13.4. The van der Waals surface area contributed by atoms with Gasteiger partial charge >= 0.3 is 6.09 Å². The molecule has 3 N–H and O–H groups in total. The van der Waals surface area contributed by atoms with Crippen molar-refractivity contribution < 1.29 is 28.5 Å². The fourth-order valence-electron chi connectivity index (χ4n) is 6.32. The minimum absolute atomic E-state index is 0.0906. The Morgan fingerprint density at radius 3 is 2.32 bits per heavy atom. The molecule has 3 aromatic rings. The molecule has 1 aromatic carbocycles. The van der Waals surface area contributed by atoms with Gasteiger partial charge in [0.25, 0.3) is 0 Å². The number of anilines is 1. The van der Waals surface area contributed by atoms with Gasteiger partial charge in [0.1, 0.15) is 13.2 Å². The van der Waals surface area contributed by atoms with Crippen LogP contribution in [0.1, 0.15) is 56.7 Å². The van der Waals surface area contributed by atoms with Gasteiger partial charge in [0.2, 0.25) is 11.9 Å². The van der Waals surface area contributed by atoms with Crippen LogP contribution in [-0.2, 0) is 43.8 Å². The quantitative estimate of drug-likeness (QED) is 0.116. The van der Waals surface area contributed by atoms with Crippen LogP contribution in [0.5, 0.6) is 0 Å². The summed E-state index contributed by atoms with van der Waals surface area (Å²) in [5, 5.41) is 14.5. The van der Waals surface area contributed by atoms with Crippen LogP contribution >= 0.6 is 11.6 Å².